The number of imidazole rings is 1. The largest absolute Gasteiger partial charge is 0.332 e. The minimum atomic E-state index is -0.437. The first-order chi connectivity index (χ1) is 9.90. The molecule has 0 radical (unpaired) electrons. The Labute approximate surface area is 128 Å². The van der Waals surface area contributed by atoms with Gasteiger partial charge < -0.3 is 4.98 Å². The quantitative estimate of drug-likeness (QED) is 0.743. The summed E-state index contributed by atoms with van der Waals surface area (Å²) >= 11 is 12.0. The fourth-order valence-electron chi connectivity index (χ4n) is 2.14. The van der Waals surface area contributed by atoms with Crippen molar-refractivity contribution >= 4 is 34.4 Å². The number of halogens is 2. The first-order valence-corrected chi connectivity index (χ1v) is 6.77. The molecule has 2 heterocycles. The molecule has 0 aliphatic carbocycles. The third-order valence-electron chi connectivity index (χ3n) is 3.28. The zero-order chi connectivity index (χ0) is 15.3. The van der Waals surface area contributed by atoms with Crippen molar-refractivity contribution in [2.45, 2.75) is 0 Å². The number of fused-ring (bicyclic) bond motifs is 1. The van der Waals surface area contributed by atoms with Crippen LogP contribution in [0.2, 0.25) is 10.0 Å². The highest BCUT2D eigenvalue weighted by atomic mass is 35.5. The zero-order valence-electron chi connectivity index (χ0n) is 11.1. The number of benzene rings is 1. The monoisotopic (exact) mass is 324 g/mol. The zero-order valence-corrected chi connectivity index (χ0v) is 12.7. The Kier molecular flexibility index (Phi) is 3.15. The van der Waals surface area contributed by atoms with Gasteiger partial charge in [0.2, 0.25) is 0 Å². The molecule has 3 rings (SSSR count). The van der Waals surface area contributed by atoms with Crippen LogP contribution in [0.1, 0.15) is 0 Å². The maximum absolute atomic E-state index is 12.1. The van der Waals surface area contributed by atoms with Gasteiger partial charge in [-0.05, 0) is 18.2 Å². The van der Waals surface area contributed by atoms with Crippen molar-refractivity contribution < 1.29 is 0 Å². The average Bonchev–Trinajstić information content (AvgIpc) is 2.88. The summed E-state index contributed by atoms with van der Waals surface area (Å²) in [6, 6.07) is 4.96. The van der Waals surface area contributed by atoms with Crippen molar-refractivity contribution in [3.05, 3.63) is 49.1 Å². The Morgan fingerprint density at radius 3 is 2.52 bits per heavy atom. The summed E-state index contributed by atoms with van der Waals surface area (Å²) in [5, 5.41) is 0.909. The lowest BCUT2D eigenvalue weighted by molar-refractivity contribution is 0.709. The van der Waals surface area contributed by atoms with Gasteiger partial charge in [0.05, 0.1) is 5.02 Å². The SMILES string of the molecule is Cn1c(=O)c2[nH]c(-c3ccc(Cl)cc3Cl)nc2n(C)c1=O. The first kappa shape index (κ1) is 13.9. The molecule has 0 aliphatic rings. The van der Waals surface area contributed by atoms with Gasteiger partial charge in [0.1, 0.15) is 11.3 Å². The van der Waals surface area contributed by atoms with Crippen LogP contribution in [0.4, 0.5) is 0 Å². The Bertz CT molecular complexity index is 984. The van der Waals surface area contributed by atoms with Gasteiger partial charge in [-0.25, -0.2) is 9.78 Å². The second kappa shape index (κ2) is 4.75. The van der Waals surface area contributed by atoms with Gasteiger partial charge in [-0.2, -0.15) is 0 Å². The molecule has 6 nitrogen and oxygen atoms in total. The van der Waals surface area contributed by atoms with Crippen LogP contribution >= 0.6 is 23.2 Å². The topological polar surface area (TPSA) is 72.7 Å². The van der Waals surface area contributed by atoms with Gasteiger partial charge in [-0.3, -0.25) is 13.9 Å². The molecule has 1 aromatic carbocycles. The molecule has 0 spiro atoms. The predicted molar refractivity (Wildman–Crippen MR) is 82.0 cm³/mol. The van der Waals surface area contributed by atoms with Crippen LogP contribution in [0.15, 0.2) is 27.8 Å². The normalized spacial score (nSPS) is 11.2. The lowest BCUT2D eigenvalue weighted by atomic mass is 10.2. The number of aromatic nitrogens is 4. The van der Waals surface area contributed by atoms with Crippen LogP contribution in [0, 0.1) is 0 Å². The maximum Gasteiger partial charge on any atom is 0.332 e. The molecule has 2 aromatic heterocycles. The van der Waals surface area contributed by atoms with Crippen molar-refractivity contribution in [2.24, 2.45) is 14.1 Å². The summed E-state index contributed by atoms with van der Waals surface area (Å²) in [5.41, 5.74) is 0.265. The Hall–Kier alpha value is -2.05. The summed E-state index contributed by atoms with van der Waals surface area (Å²) in [6.45, 7) is 0. The number of hydrogen-bond donors (Lipinski definition) is 1. The number of nitrogens with one attached hydrogen (secondary N) is 1. The number of aryl methyl sites for hydroxylation is 1. The van der Waals surface area contributed by atoms with Crippen LogP contribution in [-0.4, -0.2) is 19.1 Å². The van der Waals surface area contributed by atoms with Crippen molar-refractivity contribution in [1.29, 1.82) is 0 Å². The third kappa shape index (κ3) is 2.07. The van der Waals surface area contributed by atoms with Crippen LogP contribution in [-0.2, 0) is 14.1 Å². The lowest BCUT2D eigenvalue weighted by Gasteiger charge is -2.00. The number of nitrogens with zero attached hydrogens (tertiary/aromatic N) is 3. The molecule has 1 N–H and O–H groups in total. The molecular weight excluding hydrogens is 315 g/mol. The van der Waals surface area contributed by atoms with E-state index >= 15 is 0 Å². The summed E-state index contributed by atoms with van der Waals surface area (Å²) < 4.78 is 2.33. The Morgan fingerprint density at radius 1 is 1.14 bits per heavy atom. The fraction of sp³-hybridized carbons (Fsp3) is 0.154. The molecule has 0 saturated carbocycles. The molecule has 8 heteroatoms. The van der Waals surface area contributed by atoms with E-state index in [1.165, 1.54) is 11.6 Å². The molecule has 0 amide bonds. The molecule has 0 unspecified atom stereocenters. The van der Waals surface area contributed by atoms with Crippen molar-refractivity contribution in [2.75, 3.05) is 0 Å². The summed E-state index contributed by atoms with van der Waals surface area (Å²) in [4.78, 5) is 31.2. The summed E-state index contributed by atoms with van der Waals surface area (Å²) in [7, 11) is 2.97. The molecule has 0 fully saturated rings. The smallest absolute Gasteiger partial charge is 0.332 e. The summed E-state index contributed by atoms with van der Waals surface area (Å²) in [5.74, 6) is 0.407. The van der Waals surface area contributed by atoms with Gasteiger partial charge in [-0.15, -0.1) is 0 Å². The number of aromatic amines is 1. The van der Waals surface area contributed by atoms with Crippen molar-refractivity contribution in [3.8, 4) is 11.4 Å². The van der Waals surface area contributed by atoms with Crippen molar-refractivity contribution in [1.82, 2.24) is 19.1 Å². The van der Waals surface area contributed by atoms with E-state index < -0.39 is 11.2 Å². The highest BCUT2D eigenvalue weighted by Gasteiger charge is 2.15. The van der Waals surface area contributed by atoms with Gasteiger partial charge in [0.15, 0.2) is 5.65 Å². The second-order valence-corrected chi connectivity index (χ2v) is 5.46. The second-order valence-electron chi connectivity index (χ2n) is 4.61. The molecule has 0 saturated heterocycles. The molecule has 0 atom stereocenters. The van der Waals surface area contributed by atoms with Crippen LogP contribution in [0.5, 0.6) is 0 Å². The molecule has 21 heavy (non-hydrogen) atoms. The predicted octanol–water partition coefficient (Wildman–Crippen LogP) is 1.93. The van der Waals surface area contributed by atoms with E-state index in [9.17, 15) is 9.59 Å². The highest BCUT2D eigenvalue weighted by Crippen LogP contribution is 2.29. The summed E-state index contributed by atoms with van der Waals surface area (Å²) in [6.07, 6.45) is 0. The van der Waals surface area contributed by atoms with E-state index in [0.29, 0.717) is 21.4 Å². The van der Waals surface area contributed by atoms with Gasteiger partial charge in [-0.1, -0.05) is 23.2 Å². The van der Waals surface area contributed by atoms with E-state index in [-0.39, 0.29) is 11.2 Å². The van der Waals surface area contributed by atoms with Crippen LogP contribution < -0.4 is 11.2 Å². The third-order valence-corrected chi connectivity index (χ3v) is 3.83. The lowest BCUT2D eigenvalue weighted by Crippen LogP contribution is -2.36. The molecule has 0 bridgehead atoms. The van der Waals surface area contributed by atoms with Crippen LogP contribution in [0.3, 0.4) is 0 Å². The van der Waals surface area contributed by atoms with E-state index in [0.717, 1.165) is 4.57 Å². The minimum absolute atomic E-state index is 0.251. The number of rotatable bonds is 1. The van der Waals surface area contributed by atoms with Crippen LogP contribution in [0.25, 0.3) is 22.6 Å². The highest BCUT2D eigenvalue weighted by molar-refractivity contribution is 6.36. The standard InChI is InChI=1S/C13H10Cl2N4O2/c1-18-11-9(12(20)19(2)13(18)21)16-10(17-11)7-4-3-6(14)5-8(7)15/h3-5H,1-2H3,(H,16,17). The maximum atomic E-state index is 12.1. The molecular formula is C13H10Cl2N4O2. The Morgan fingerprint density at radius 2 is 1.86 bits per heavy atom. The van der Waals surface area contributed by atoms with E-state index in [1.807, 2.05) is 0 Å². The number of H-pyrrole nitrogens is 1. The van der Waals surface area contributed by atoms with Gasteiger partial charge in [0, 0.05) is 24.7 Å². The molecule has 108 valence electrons. The molecule has 3 aromatic rings. The fourth-order valence-corrected chi connectivity index (χ4v) is 2.63. The Balaban J connectivity index is 2.37. The van der Waals surface area contributed by atoms with Gasteiger partial charge >= 0.3 is 5.69 Å². The minimum Gasteiger partial charge on any atom is -0.332 e. The number of hydrogen-bond acceptors (Lipinski definition) is 3. The van der Waals surface area contributed by atoms with E-state index in [2.05, 4.69) is 9.97 Å². The van der Waals surface area contributed by atoms with Gasteiger partial charge in [0.25, 0.3) is 5.56 Å². The van der Waals surface area contributed by atoms with Crippen molar-refractivity contribution in [3.63, 3.8) is 0 Å². The average molecular weight is 325 g/mol. The molecule has 0 aliphatic heterocycles. The van der Waals surface area contributed by atoms with E-state index in [1.54, 1.807) is 25.2 Å². The first-order valence-electron chi connectivity index (χ1n) is 6.01. The van der Waals surface area contributed by atoms with E-state index in [4.69, 9.17) is 23.2 Å².